The lowest BCUT2D eigenvalue weighted by Crippen LogP contribution is -2.64. The predicted octanol–water partition coefficient (Wildman–Crippen LogP) is 3.52. The minimum atomic E-state index is -4.99. The Morgan fingerprint density at radius 3 is 2.81 bits per heavy atom. The number of fused-ring (bicyclic) bond motifs is 4. The van der Waals surface area contributed by atoms with Crippen molar-refractivity contribution in [3.63, 3.8) is 0 Å². The standard InChI is InChI=1S/C20H21FO4S/c1-2-20-10-8-18-17-5-3-13-11-14(25-26(21,22)23)4-6-15(13)16(17)7-9-19(18,20)12-24-20/h1,4,6,11,16-18H,3,5,7-10,12H2/t16-,17-,18+,19-,20+/m1/s1. The van der Waals surface area contributed by atoms with E-state index in [4.69, 9.17) is 11.2 Å². The number of terminal acetylenes is 1. The summed E-state index contributed by atoms with van der Waals surface area (Å²) in [4.78, 5) is 0. The molecule has 0 aromatic heterocycles. The fourth-order valence-corrected chi connectivity index (χ4v) is 6.81. The third kappa shape index (κ3) is 2.07. The average molecular weight is 376 g/mol. The maximum absolute atomic E-state index is 12.8. The first-order valence-electron chi connectivity index (χ1n) is 9.26. The Labute approximate surface area is 153 Å². The normalized spacial score (nSPS) is 40.2. The van der Waals surface area contributed by atoms with Crippen LogP contribution in [-0.2, 0) is 21.7 Å². The molecule has 0 unspecified atom stereocenters. The van der Waals surface area contributed by atoms with Crippen LogP contribution in [0.25, 0.3) is 0 Å². The van der Waals surface area contributed by atoms with E-state index < -0.39 is 10.5 Å². The van der Waals surface area contributed by atoms with E-state index in [0.29, 0.717) is 17.8 Å². The maximum Gasteiger partial charge on any atom is 0.488 e. The highest BCUT2D eigenvalue weighted by molar-refractivity contribution is 7.81. The van der Waals surface area contributed by atoms with Gasteiger partial charge in [-0.05, 0) is 79.5 Å². The van der Waals surface area contributed by atoms with Gasteiger partial charge in [0, 0.05) is 5.41 Å². The van der Waals surface area contributed by atoms with Gasteiger partial charge >= 0.3 is 10.5 Å². The van der Waals surface area contributed by atoms with Crippen LogP contribution in [-0.4, -0.2) is 20.6 Å². The van der Waals surface area contributed by atoms with Gasteiger partial charge in [0.15, 0.2) is 0 Å². The molecule has 6 heteroatoms. The molecule has 4 nitrogen and oxygen atoms in total. The summed E-state index contributed by atoms with van der Waals surface area (Å²) in [5, 5.41) is 0. The molecule has 4 aliphatic rings. The molecule has 138 valence electrons. The first-order valence-corrected chi connectivity index (χ1v) is 10.6. The number of halogens is 1. The fraction of sp³-hybridized carbons (Fsp3) is 0.600. The molecule has 26 heavy (non-hydrogen) atoms. The van der Waals surface area contributed by atoms with E-state index >= 15 is 0 Å². The molecule has 1 aromatic carbocycles. The molecular formula is C20H21FO4S. The Balaban J connectivity index is 1.46. The molecule has 1 aliphatic heterocycles. The second kappa shape index (κ2) is 5.24. The first-order chi connectivity index (χ1) is 12.4. The van der Waals surface area contributed by atoms with Gasteiger partial charge in [0.05, 0.1) is 6.61 Å². The fourth-order valence-electron chi connectivity index (χ4n) is 6.48. The van der Waals surface area contributed by atoms with Gasteiger partial charge in [-0.1, -0.05) is 15.9 Å². The van der Waals surface area contributed by atoms with Crippen LogP contribution >= 0.6 is 0 Å². The van der Waals surface area contributed by atoms with Crippen molar-refractivity contribution in [3.8, 4) is 18.1 Å². The number of hydrogen-bond acceptors (Lipinski definition) is 4. The predicted molar refractivity (Wildman–Crippen MR) is 93.6 cm³/mol. The van der Waals surface area contributed by atoms with Crippen molar-refractivity contribution in [2.75, 3.05) is 6.61 Å². The molecule has 3 fully saturated rings. The van der Waals surface area contributed by atoms with Crippen LogP contribution < -0.4 is 4.18 Å². The van der Waals surface area contributed by atoms with E-state index in [0.717, 1.165) is 50.7 Å². The Bertz CT molecular complexity index is 920. The highest BCUT2D eigenvalue weighted by atomic mass is 32.3. The third-order valence-electron chi connectivity index (χ3n) is 7.52. The molecule has 1 saturated heterocycles. The van der Waals surface area contributed by atoms with Crippen molar-refractivity contribution in [2.24, 2.45) is 17.3 Å². The second-order valence-electron chi connectivity index (χ2n) is 8.25. The maximum atomic E-state index is 12.8. The van der Waals surface area contributed by atoms with Crippen molar-refractivity contribution in [2.45, 2.75) is 50.0 Å². The Morgan fingerprint density at radius 1 is 1.27 bits per heavy atom. The summed E-state index contributed by atoms with van der Waals surface area (Å²) >= 11 is 0. The van der Waals surface area contributed by atoms with Crippen LogP contribution in [0.3, 0.4) is 0 Å². The molecule has 1 heterocycles. The number of rotatable bonds is 2. The first kappa shape index (κ1) is 16.6. The monoisotopic (exact) mass is 376 g/mol. The molecule has 1 spiro atoms. The summed E-state index contributed by atoms with van der Waals surface area (Å²) < 4.78 is 44.6. The zero-order chi connectivity index (χ0) is 18.2. The molecule has 2 saturated carbocycles. The van der Waals surface area contributed by atoms with Crippen LogP contribution in [0.1, 0.15) is 49.1 Å². The van der Waals surface area contributed by atoms with Crippen molar-refractivity contribution >= 4 is 10.5 Å². The Hall–Kier alpha value is -1.58. The summed E-state index contributed by atoms with van der Waals surface area (Å²) in [6.07, 6.45) is 12.0. The molecule has 1 aromatic rings. The van der Waals surface area contributed by atoms with Crippen molar-refractivity contribution in [3.05, 3.63) is 29.3 Å². The van der Waals surface area contributed by atoms with Crippen LogP contribution in [0.4, 0.5) is 3.89 Å². The van der Waals surface area contributed by atoms with E-state index in [1.54, 1.807) is 12.1 Å². The molecule has 0 N–H and O–H groups in total. The number of benzene rings is 1. The zero-order valence-corrected chi connectivity index (χ0v) is 15.2. The van der Waals surface area contributed by atoms with Crippen LogP contribution in [0.2, 0.25) is 0 Å². The lowest BCUT2D eigenvalue weighted by atomic mass is 9.51. The van der Waals surface area contributed by atoms with E-state index in [1.165, 1.54) is 5.56 Å². The van der Waals surface area contributed by atoms with E-state index in [-0.39, 0.29) is 16.8 Å². The minimum absolute atomic E-state index is 0.0524. The van der Waals surface area contributed by atoms with Gasteiger partial charge in [0.1, 0.15) is 11.4 Å². The van der Waals surface area contributed by atoms with E-state index in [2.05, 4.69) is 10.1 Å². The molecular weight excluding hydrogens is 355 g/mol. The highest BCUT2D eigenvalue weighted by Crippen LogP contribution is 2.69. The van der Waals surface area contributed by atoms with Crippen molar-refractivity contribution in [1.82, 2.24) is 0 Å². The average Bonchev–Trinajstić information content (AvgIpc) is 2.81. The number of hydrogen-bond donors (Lipinski definition) is 0. The van der Waals surface area contributed by atoms with Crippen molar-refractivity contribution in [1.29, 1.82) is 0 Å². The molecule has 0 amide bonds. The largest absolute Gasteiger partial charge is 0.488 e. The summed E-state index contributed by atoms with van der Waals surface area (Å²) in [7, 11) is -4.99. The van der Waals surface area contributed by atoms with Gasteiger partial charge in [-0.15, -0.1) is 6.42 Å². The summed E-state index contributed by atoms with van der Waals surface area (Å²) in [6.45, 7) is 0.791. The molecule has 5 rings (SSSR count). The quantitative estimate of drug-likeness (QED) is 0.585. The summed E-state index contributed by atoms with van der Waals surface area (Å²) in [5.74, 6) is 4.68. The van der Waals surface area contributed by atoms with Crippen LogP contribution in [0, 0.1) is 29.6 Å². The molecule has 0 bridgehead atoms. The number of aryl methyl sites for hydroxylation is 1. The molecule has 5 atom stereocenters. The Morgan fingerprint density at radius 2 is 2.12 bits per heavy atom. The third-order valence-corrected chi connectivity index (χ3v) is 7.91. The molecule has 0 radical (unpaired) electrons. The Kier molecular flexibility index (Phi) is 3.34. The minimum Gasteiger partial charge on any atom is -0.361 e. The van der Waals surface area contributed by atoms with E-state index in [9.17, 15) is 12.3 Å². The van der Waals surface area contributed by atoms with Gasteiger partial charge in [0.2, 0.25) is 0 Å². The summed E-state index contributed by atoms with van der Waals surface area (Å²) in [5.41, 5.74) is 2.16. The lowest BCUT2D eigenvalue weighted by molar-refractivity contribution is -0.250. The highest BCUT2D eigenvalue weighted by Gasteiger charge is 2.70. The van der Waals surface area contributed by atoms with Gasteiger partial charge in [-0.25, -0.2) is 0 Å². The second-order valence-corrected chi connectivity index (χ2v) is 9.20. The topological polar surface area (TPSA) is 52.6 Å². The zero-order valence-electron chi connectivity index (χ0n) is 14.4. The van der Waals surface area contributed by atoms with Gasteiger partial charge < -0.3 is 8.92 Å². The summed E-state index contributed by atoms with van der Waals surface area (Å²) in [6, 6.07) is 5.17. The molecule has 3 aliphatic carbocycles. The number of ether oxygens (including phenoxy) is 1. The van der Waals surface area contributed by atoms with Crippen molar-refractivity contribution < 1.29 is 21.2 Å². The van der Waals surface area contributed by atoms with Crippen LogP contribution in [0.15, 0.2) is 18.2 Å². The SMILES string of the molecule is C#C[C@]12CC[C@H]3[C@@H]4CCc5cc(OS(=O)(=O)F)ccc5[C@H]4CC[C@@]31CO2. The van der Waals surface area contributed by atoms with Gasteiger partial charge in [-0.3, -0.25) is 0 Å². The van der Waals surface area contributed by atoms with Gasteiger partial charge in [-0.2, -0.15) is 8.42 Å². The lowest BCUT2D eigenvalue weighted by Gasteiger charge is -2.60. The smallest absolute Gasteiger partial charge is 0.361 e. The van der Waals surface area contributed by atoms with Crippen LogP contribution in [0.5, 0.6) is 5.75 Å². The van der Waals surface area contributed by atoms with Gasteiger partial charge in [0.25, 0.3) is 0 Å². The van der Waals surface area contributed by atoms with E-state index in [1.807, 2.05) is 6.07 Å².